The fraction of sp³-hybridized carbons (Fsp3) is 0.316. The first kappa shape index (κ1) is 17.5. The van der Waals surface area contributed by atoms with Crippen LogP contribution in [0.5, 0.6) is 0 Å². The van der Waals surface area contributed by atoms with Gasteiger partial charge in [-0.05, 0) is 36.6 Å². The van der Waals surface area contributed by atoms with Crippen LogP contribution in [0.25, 0.3) is 0 Å². The zero-order valence-electron chi connectivity index (χ0n) is 13.8. The number of nitrogens with one attached hydrogen (secondary N) is 1. The molecule has 25 heavy (non-hydrogen) atoms. The number of para-hydroxylation sites is 1. The molecule has 1 aliphatic rings. The molecule has 2 aromatic rings. The van der Waals surface area contributed by atoms with Crippen molar-refractivity contribution < 1.29 is 18.0 Å². The monoisotopic (exact) mass is 348 g/mol. The number of nitrogens with zero attached hydrogens (tertiary/aromatic N) is 1. The third-order valence-electron chi connectivity index (χ3n) is 4.58. The Morgan fingerprint density at radius 2 is 1.72 bits per heavy atom. The fourth-order valence-electron chi connectivity index (χ4n) is 3.09. The van der Waals surface area contributed by atoms with Gasteiger partial charge in [0.25, 0.3) is 0 Å². The van der Waals surface area contributed by atoms with Crippen LogP contribution in [0.4, 0.5) is 18.9 Å². The van der Waals surface area contributed by atoms with E-state index in [0.717, 1.165) is 18.1 Å². The number of hydrogen-bond donors (Lipinski definition) is 1. The van der Waals surface area contributed by atoms with Gasteiger partial charge in [-0.1, -0.05) is 36.4 Å². The van der Waals surface area contributed by atoms with Gasteiger partial charge >= 0.3 is 6.18 Å². The molecule has 0 radical (unpaired) electrons. The lowest BCUT2D eigenvalue weighted by molar-refractivity contribution is -0.137. The lowest BCUT2D eigenvalue weighted by atomic mass is 9.98. The molecule has 132 valence electrons. The van der Waals surface area contributed by atoms with Gasteiger partial charge in [0.1, 0.15) is 0 Å². The van der Waals surface area contributed by atoms with Crippen LogP contribution in [0.2, 0.25) is 0 Å². The maximum atomic E-state index is 13.1. The standard InChI is InChI=1S/C19H19F3N2O/c1-13(24-11-10-14-6-2-3-7-15(14)12-24)18(25)23-17-9-5-4-8-16(17)19(20,21)22/h2-9,13H,10-12H2,1H3,(H,23,25). The molecule has 6 heteroatoms. The van der Waals surface area contributed by atoms with Crippen LogP contribution in [-0.4, -0.2) is 23.4 Å². The van der Waals surface area contributed by atoms with Gasteiger partial charge in [0.05, 0.1) is 17.3 Å². The fourth-order valence-corrected chi connectivity index (χ4v) is 3.09. The Balaban J connectivity index is 1.72. The van der Waals surface area contributed by atoms with Gasteiger partial charge in [0, 0.05) is 13.1 Å². The minimum atomic E-state index is -4.50. The molecule has 0 fully saturated rings. The van der Waals surface area contributed by atoms with Gasteiger partial charge < -0.3 is 5.32 Å². The molecule has 1 aliphatic heterocycles. The molecule has 0 bridgehead atoms. The molecule has 3 rings (SSSR count). The summed E-state index contributed by atoms with van der Waals surface area (Å²) in [6, 6.07) is 12.5. The number of benzene rings is 2. The maximum Gasteiger partial charge on any atom is 0.418 e. The highest BCUT2D eigenvalue weighted by Crippen LogP contribution is 2.34. The smallest absolute Gasteiger partial charge is 0.324 e. The number of carbonyl (C=O) groups is 1. The molecule has 3 nitrogen and oxygen atoms in total. The van der Waals surface area contributed by atoms with E-state index >= 15 is 0 Å². The number of alkyl halides is 3. The highest BCUT2D eigenvalue weighted by molar-refractivity contribution is 5.95. The van der Waals surface area contributed by atoms with Gasteiger partial charge in [-0.15, -0.1) is 0 Å². The topological polar surface area (TPSA) is 32.3 Å². The average Bonchev–Trinajstić information content (AvgIpc) is 2.60. The van der Waals surface area contributed by atoms with Crippen molar-refractivity contribution in [2.24, 2.45) is 0 Å². The van der Waals surface area contributed by atoms with E-state index in [4.69, 9.17) is 0 Å². The number of anilines is 1. The van der Waals surface area contributed by atoms with Crippen molar-refractivity contribution in [3.63, 3.8) is 0 Å². The summed E-state index contributed by atoms with van der Waals surface area (Å²) in [6.45, 7) is 3.04. The summed E-state index contributed by atoms with van der Waals surface area (Å²) in [7, 11) is 0. The van der Waals surface area contributed by atoms with E-state index in [-0.39, 0.29) is 5.69 Å². The van der Waals surface area contributed by atoms with Crippen molar-refractivity contribution in [1.29, 1.82) is 0 Å². The van der Waals surface area contributed by atoms with Crippen molar-refractivity contribution in [2.45, 2.75) is 32.1 Å². The van der Waals surface area contributed by atoms with Crippen molar-refractivity contribution >= 4 is 11.6 Å². The molecule has 0 aliphatic carbocycles. The van der Waals surface area contributed by atoms with Crippen molar-refractivity contribution in [3.05, 3.63) is 65.2 Å². The number of halogens is 3. The van der Waals surface area contributed by atoms with E-state index in [1.165, 1.54) is 23.8 Å². The molecular weight excluding hydrogens is 329 g/mol. The molecule has 2 aromatic carbocycles. The van der Waals surface area contributed by atoms with Crippen molar-refractivity contribution in [1.82, 2.24) is 4.90 Å². The predicted octanol–water partition coefficient (Wildman–Crippen LogP) is 4.09. The van der Waals surface area contributed by atoms with Crippen LogP contribution in [0.3, 0.4) is 0 Å². The number of amides is 1. The second-order valence-corrected chi connectivity index (χ2v) is 6.20. The first-order chi connectivity index (χ1) is 11.9. The normalized spacial score (nSPS) is 16.2. The third kappa shape index (κ3) is 3.85. The molecule has 1 N–H and O–H groups in total. The van der Waals surface area contributed by atoms with Gasteiger partial charge in [0.15, 0.2) is 0 Å². The van der Waals surface area contributed by atoms with Crippen LogP contribution < -0.4 is 5.32 Å². The molecule has 0 spiro atoms. The average molecular weight is 348 g/mol. The van der Waals surface area contributed by atoms with Crippen molar-refractivity contribution in [3.8, 4) is 0 Å². The molecule has 1 amide bonds. The summed E-state index contributed by atoms with van der Waals surface area (Å²) >= 11 is 0. The van der Waals surface area contributed by atoms with E-state index in [2.05, 4.69) is 11.4 Å². The summed E-state index contributed by atoms with van der Waals surface area (Å²) in [4.78, 5) is 14.5. The maximum absolute atomic E-state index is 13.1. The molecule has 0 saturated heterocycles. The summed E-state index contributed by atoms with van der Waals surface area (Å²) in [5.74, 6) is -0.434. The first-order valence-electron chi connectivity index (χ1n) is 8.14. The minimum Gasteiger partial charge on any atom is -0.324 e. The molecule has 0 aromatic heterocycles. The summed E-state index contributed by atoms with van der Waals surface area (Å²) in [5, 5.41) is 2.44. The predicted molar refractivity (Wildman–Crippen MR) is 90.1 cm³/mol. The van der Waals surface area contributed by atoms with Gasteiger partial charge in [0.2, 0.25) is 5.91 Å². The Morgan fingerprint density at radius 3 is 2.44 bits per heavy atom. The van der Waals surface area contributed by atoms with Gasteiger partial charge in [-0.2, -0.15) is 13.2 Å². The van der Waals surface area contributed by atoms with Crippen LogP contribution in [0.15, 0.2) is 48.5 Å². The highest BCUT2D eigenvalue weighted by atomic mass is 19.4. The quantitative estimate of drug-likeness (QED) is 0.906. The van der Waals surface area contributed by atoms with E-state index in [0.29, 0.717) is 13.1 Å². The summed E-state index contributed by atoms with van der Waals surface area (Å²) in [6.07, 6.45) is -3.68. The van der Waals surface area contributed by atoms with Crippen molar-refractivity contribution in [2.75, 3.05) is 11.9 Å². The number of hydrogen-bond acceptors (Lipinski definition) is 2. The third-order valence-corrected chi connectivity index (χ3v) is 4.58. The summed E-state index contributed by atoms with van der Waals surface area (Å²) in [5.41, 5.74) is 1.38. The zero-order chi connectivity index (χ0) is 18.0. The molecule has 1 atom stereocenters. The molecular formula is C19H19F3N2O. The number of carbonyl (C=O) groups excluding carboxylic acids is 1. The largest absolute Gasteiger partial charge is 0.418 e. The Bertz CT molecular complexity index is 773. The van der Waals surface area contributed by atoms with E-state index in [1.54, 1.807) is 6.92 Å². The van der Waals surface area contributed by atoms with Crippen LogP contribution in [0.1, 0.15) is 23.6 Å². The van der Waals surface area contributed by atoms with E-state index in [1.807, 2.05) is 23.1 Å². The SMILES string of the molecule is CC(C(=O)Nc1ccccc1C(F)(F)F)N1CCc2ccccc2C1. The van der Waals surface area contributed by atoms with Gasteiger partial charge in [-0.3, -0.25) is 9.69 Å². The Morgan fingerprint density at radius 1 is 1.08 bits per heavy atom. The Hall–Kier alpha value is -2.34. The molecule has 0 saturated carbocycles. The number of rotatable bonds is 3. The number of fused-ring (bicyclic) bond motifs is 1. The Labute approximate surface area is 144 Å². The molecule has 1 heterocycles. The van der Waals surface area contributed by atoms with Crippen LogP contribution in [-0.2, 0) is 23.9 Å². The van der Waals surface area contributed by atoms with E-state index < -0.39 is 23.7 Å². The lowest BCUT2D eigenvalue weighted by Gasteiger charge is -2.33. The van der Waals surface area contributed by atoms with Crippen LogP contribution in [0, 0.1) is 0 Å². The van der Waals surface area contributed by atoms with Gasteiger partial charge in [-0.25, -0.2) is 0 Å². The minimum absolute atomic E-state index is 0.204. The van der Waals surface area contributed by atoms with E-state index in [9.17, 15) is 18.0 Å². The molecule has 1 unspecified atom stereocenters. The zero-order valence-corrected chi connectivity index (χ0v) is 13.8. The Kier molecular flexibility index (Phi) is 4.81. The lowest BCUT2D eigenvalue weighted by Crippen LogP contribution is -2.44. The second kappa shape index (κ2) is 6.88. The van der Waals surface area contributed by atoms with Crippen LogP contribution >= 0.6 is 0 Å². The second-order valence-electron chi connectivity index (χ2n) is 6.20. The summed E-state index contributed by atoms with van der Waals surface area (Å²) < 4.78 is 39.2. The first-order valence-corrected chi connectivity index (χ1v) is 8.14. The highest BCUT2D eigenvalue weighted by Gasteiger charge is 2.34.